The van der Waals surface area contributed by atoms with Gasteiger partial charge in [0.15, 0.2) is 0 Å². The highest BCUT2D eigenvalue weighted by molar-refractivity contribution is 7.90. The Kier molecular flexibility index (Phi) is 8.76. The summed E-state index contributed by atoms with van der Waals surface area (Å²) in [6, 6.07) is 8.42. The third kappa shape index (κ3) is 7.43. The van der Waals surface area contributed by atoms with E-state index in [1.165, 1.54) is 12.7 Å². The van der Waals surface area contributed by atoms with E-state index in [1.807, 2.05) is 0 Å². The molecule has 0 aromatic heterocycles. The lowest BCUT2D eigenvalue weighted by molar-refractivity contribution is -0.140. The van der Waals surface area contributed by atoms with E-state index in [-0.39, 0.29) is 17.3 Å². The van der Waals surface area contributed by atoms with E-state index in [1.54, 1.807) is 13.8 Å². The molecule has 2 N–H and O–H groups in total. The van der Waals surface area contributed by atoms with Gasteiger partial charge in [0.25, 0.3) is 0 Å². The first kappa shape index (κ1) is 22.7. The number of sulfonamides is 1. The van der Waals surface area contributed by atoms with Gasteiger partial charge < -0.3 is 10.1 Å². The fourth-order valence-electron chi connectivity index (χ4n) is 3.44. The summed E-state index contributed by atoms with van der Waals surface area (Å²) in [6.45, 7) is 4.33. The molecular weight excluding hydrogens is 376 g/mol. The fraction of sp³-hybridized carbons (Fsp3) is 0.667. The van der Waals surface area contributed by atoms with Crippen LogP contribution < -0.4 is 10.0 Å². The minimum Gasteiger partial charge on any atom is -0.469 e. The Morgan fingerprint density at radius 2 is 1.79 bits per heavy atom. The SMILES string of the molecule is COC(=O)CCCc1ccc(NCC2CCC(NS(=O)(=O)C(C)C)CC2)cc1. The van der Waals surface area contributed by atoms with Crippen molar-refractivity contribution in [2.24, 2.45) is 5.92 Å². The zero-order valence-corrected chi connectivity index (χ0v) is 18.1. The second-order valence-corrected chi connectivity index (χ2v) is 10.2. The number of aryl methyl sites for hydroxylation is 1. The summed E-state index contributed by atoms with van der Waals surface area (Å²) in [4.78, 5) is 11.1. The molecule has 158 valence electrons. The molecule has 0 aliphatic heterocycles. The molecule has 0 spiro atoms. The van der Waals surface area contributed by atoms with Crippen molar-refractivity contribution in [3.63, 3.8) is 0 Å². The number of carbonyl (C=O) groups excluding carboxylic acids is 1. The van der Waals surface area contributed by atoms with Crippen LogP contribution in [0.4, 0.5) is 5.69 Å². The summed E-state index contributed by atoms with van der Waals surface area (Å²) in [6.07, 6.45) is 5.98. The first-order valence-corrected chi connectivity index (χ1v) is 11.8. The highest BCUT2D eigenvalue weighted by atomic mass is 32.2. The van der Waals surface area contributed by atoms with Crippen molar-refractivity contribution in [2.75, 3.05) is 19.0 Å². The molecule has 0 unspecified atom stereocenters. The van der Waals surface area contributed by atoms with Gasteiger partial charge in [0.2, 0.25) is 10.0 Å². The van der Waals surface area contributed by atoms with Crippen LogP contribution in [0.3, 0.4) is 0 Å². The van der Waals surface area contributed by atoms with E-state index in [0.717, 1.165) is 50.8 Å². The third-order valence-corrected chi connectivity index (χ3v) is 7.32. The minimum absolute atomic E-state index is 0.0768. The van der Waals surface area contributed by atoms with Crippen LogP contribution in [0.5, 0.6) is 0 Å². The van der Waals surface area contributed by atoms with Crippen molar-refractivity contribution in [1.82, 2.24) is 4.72 Å². The Hall–Kier alpha value is -1.60. The quantitative estimate of drug-likeness (QED) is 0.577. The molecule has 1 aliphatic carbocycles. The molecule has 1 aromatic carbocycles. The van der Waals surface area contributed by atoms with Gasteiger partial charge in [-0.15, -0.1) is 0 Å². The number of rotatable bonds is 10. The maximum Gasteiger partial charge on any atom is 0.305 e. The van der Waals surface area contributed by atoms with Gasteiger partial charge in [-0.2, -0.15) is 0 Å². The maximum atomic E-state index is 12.0. The van der Waals surface area contributed by atoms with Gasteiger partial charge in [-0.3, -0.25) is 4.79 Å². The zero-order valence-electron chi connectivity index (χ0n) is 17.2. The molecule has 28 heavy (non-hydrogen) atoms. The summed E-state index contributed by atoms with van der Waals surface area (Å²) in [5, 5.41) is 3.11. The number of carbonyl (C=O) groups is 1. The Balaban J connectivity index is 1.69. The molecule has 6 nitrogen and oxygen atoms in total. The van der Waals surface area contributed by atoms with E-state index in [0.29, 0.717) is 12.3 Å². The predicted octanol–water partition coefficient (Wildman–Crippen LogP) is 3.48. The molecule has 0 amide bonds. The van der Waals surface area contributed by atoms with Crippen LogP contribution in [0.15, 0.2) is 24.3 Å². The second-order valence-electron chi connectivity index (χ2n) is 7.94. The average Bonchev–Trinajstić information content (AvgIpc) is 2.68. The van der Waals surface area contributed by atoms with Crippen LogP contribution in [0.2, 0.25) is 0 Å². The smallest absolute Gasteiger partial charge is 0.305 e. The first-order valence-electron chi connectivity index (χ1n) is 10.2. The van der Waals surface area contributed by atoms with Crippen LogP contribution >= 0.6 is 0 Å². The highest BCUT2D eigenvalue weighted by Crippen LogP contribution is 2.25. The van der Waals surface area contributed by atoms with Crippen LogP contribution in [-0.2, 0) is 26.0 Å². The fourth-order valence-corrected chi connectivity index (χ4v) is 4.42. The molecular formula is C21H34N2O4S. The van der Waals surface area contributed by atoms with E-state index < -0.39 is 10.0 Å². The molecule has 1 saturated carbocycles. The maximum absolute atomic E-state index is 12.0. The number of anilines is 1. The van der Waals surface area contributed by atoms with Gasteiger partial charge in [0, 0.05) is 24.7 Å². The first-order chi connectivity index (χ1) is 13.3. The predicted molar refractivity (Wildman–Crippen MR) is 113 cm³/mol. The lowest BCUT2D eigenvalue weighted by atomic mass is 9.86. The van der Waals surface area contributed by atoms with Gasteiger partial charge in [0.05, 0.1) is 12.4 Å². The average molecular weight is 411 g/mol. The van der Waals surface area contributed by atoms with Crippen LogP contribution in [0.1, 0.15) is 57.9 Å². The van der Waals surface area contributed by atoms with E-state index in [2.05, 4.69) is 39.0 Å². The summed E-state index contributed by atoms with van der Waals surface area (Å²) in [5.74, 6) is 0.407. The number of hydrogen-bond donors (Lipinski definition) is 2. The standard InChI is InChI=1S/C21H34N2O4S/c1-16(2)28(25,26)23-20-13-9-18(10-14-20)15-22-19-11-7-17(8-12-19)5-4-6-21(24)27-3/h7-8,11-12,16,18,20,22-23H,4-6,9-10,13-15H2,1-3H3. The molecule has 1 aliphatic rings. The summed E-state index contributed by atoms with van der Waals surface area (Å²) >= 11 is 0. The molecule has 0 heterocycles. The topological polar surface area (TPSA) is 84.5 Å². The number of benzene rings is 1. The Labute approximate surface area is 169 Å². The number of esters is 1. The summed E-state index contributed by atoms with van der Waals surface area (Å²) < 4.78 is 31.5. The molecule has 0 bridgehead atoms. The Morgan fingerprint density at radius 1 is 1.14 bits per heavy atom. The molecule has 1 aromatic rings. The zero-order chi connectivity index (χ0) is 20.6. The van der Waals surface area contributed by atoms with E-state index >= 15 is 0 Å². The lowest BCUT2D eigenvalue weighted by Gasteiger charge is -2.29. The van der Waals surface area contributed by atoms with Crippen LogP contribution in [0, 0.1) is 5.92 Å². The van der Waals surface area contributed by atoms with Gasteiger partial charge in [-0.25, -0.2) is 13.1 Å². The molecule has 1 fully saturated rings. The summed E-state index contributed by atoms with van der Waals surface area (Å²) in [5.41, 5.74) is 2.31. The third-order valence-electron chi connectivity index (χ3n) is 5.42. The summed E-state index contributed by atoms with van der Waals surface area (Å²) in [7, 11) is -1.76. The highest BCUT2D eigenvalue weighted by Gasteiger charge is 2.26. The molecule has 2 rings (SSSR count). The van der Waals surface area contributed by atoms with Gasteiger partial charge >= 0.3 is 5.97 Å². The lowest BCUT2D eigenvalue weighted by Crippen LogP contribution is -2.41. The van der Waals surface area contributed by atoms with Crippen molar-refractivity contribution in [2.45, 2.75) is 70.1 Å². The Morgan fingerprint density at radius 3 is 2.36 bits per heavy atom. The van der Waals surface area contributed by atoms with Gasteiger partial charge in [0.1, 0.15) is 0 Å². The number of ether oxygens (including phenoxy) is 1. The monoisotopic (exact) mass is 410 g/mol. The van der Waals surface area contributed by atoms with Crippen molar-refractivity contribution in [1.29, 1.82) is 0 Å². The molecule has 0 atom stereocenters. The number of hydrogen-bond acceptors (Lipinski definition) is 5. The largest absolute Gasteiger partial charge is 0.469 e. The number of nitrogens with one attached hydrogen (secondary N) is 2. The van der Waals surface area contributed by atoms with Gasteiger partial charge in [-0.1, -0.05) is 12.1 Å². The van der Waals surface area contributed by atoms with Crippen molar-refractivity contribution in [3.8, 4) is 0 Å². The van der Waals surface area contributed by atoms with Crippen LogP contribution in [-0.4, -0.2) is 39.3 Å². The van der Waals surface area contributed by atoms with E-state index in [4.69, 9.17) is 0 Å². The molecule has 0 radical (unpaired) electrons. The second kappa shape index (κ2) is 10.8. The molecule has 7 heteroatoms. The molecule has 0 saturated heterocycles. The van der Waals surface area contributed by atoms with Crippen molar-refractivity contribution < 1.29 is 17.9 Å². The van der Waals surface area contributed by atoms with Crippen molar-refractivity contribution >= 4 is 21.7 Å². The van der Waals surface area contributed by atoms with Crippen molar-refractivity contribution in [3.05, 3.63) is 29.8 Å². The van der Waals surface area contributed by atoms with Crippen LogP contribution in [0.25, 0.3) is 0 Å². The minimum atomic E-state index is -3.18. The van der Waals surface area contributed by atoms with E-state index in [9.17, 15) is 13.2 Å². The Bertz CT molecular complexity index is 708. The van der Waals surface area contributed by atoms with Gasteiger partial charge in [-0.05, 0) is 76.0 Å². The number of methoxy groups -OCH3 is 1. The normalized spacial score (nSPS) is 20.1.